The molecule has 1 N–H and O–H groups in total. The molecular weight excluding hydrogens is 314 g/mol. The zero-order valence-corrected chi connectivity index (χ0v) is 14.4. The van der Waals surface area contributed by atoms with E-state index in [0.717, 1.165) is 28.5 Å². The van der Waals surface area contributed by atoms with Crippen molar-refractivity contribution in [3.05, 3.63) is 71.7 Å². The van der Waals surface area contributed by atoms with Crippen LogP contribution in [0.15, 0.2) is 49.1 Å². The quantitative estimate of drug-likeness (QED) is 0.621. The molecule has 7 heteroatoms. The lowest BCUT2D eigenvalue weighted by Gasteiger charge is -2.22. The summed E-state index contributed by atoms with van der Waals surface area (Å²) >= 11 is 0. The first-order chi connectivity index (χ1) is 12.1. The monoisotopic (exact) mass is 333 g/mol. The van der Waals surface area contributed by atoms with Gasteiger partial charge in [-0.3, -0.25) is 0 Å². The fraction of sp³-hybridized carbons (Fsp3) is 0.222. The molecule has 0 aliphatic heterocycles. The highest BCUT2D eigenvalue weighted by Crippen LogP contribution is 2.27. The predicted molar refractivity (Wildman–Crippen MR) is 95.4 cm³/mol. The molecule has 7 nitrogen and oxygen atoms in total. The number of hydrogen-bond acceptors (Lipinski definition) is 5. The fourth-order valence-corrected chi connectivity index (χ4v) is 2.94. The fourth-order valence-electron chi connectivity index (χ4n) is 2.94. The highest BCUT2D eigenvalue weighted by atomic mass is 15.4. The molecule has 4 aromatic rings. The van der Waals surface area contributed by atoms with Crippen LogP contribution in [-0.4, -0.2) is 29.1 Å². The minimum absolute atomic E-state index is 0.117. The number of benzene rings is 1. The minimum atomic E-state index is -0.117. The van der Waals surface area contributed by atoms with E-state index in [0.29, 0.717) is 5.78 Å². The summed E-state index contributed by atoms with van der Waals surface area (Å²) in [5.41, 5.74) is 3.08. The zero-order chi connectivity index (χ0) is 17.4. The second-order valence-electron chi connectivity index (χ2n) is 6.03. The van der Waals surface area contributed by atoms with Gasteiger partial charge in [0.05, 0.1) is 0 Å². The third-order valence-corrected chi connectivity index (χ3v) is 4.44. The normalized spacial score (nSPS) is 12.4. The Morgan fingerprint density at radius 2 is 1.88 bits per heavy atom. The van der Waals surface area contributed by atoms with Crippen LogP contribution in [0.2, 0.25) is 0 Å². The Hall–Kier alpha value is -3.22. The van der Waals surface area contributed by atoms with Crippen LogP contribution in [0.25, 0.3) is 5.78 Å². The van der Waals surface area contributed by atoms with Crippen LogP contribution in [0, 0.1) is 13.8 Å². The summed E-state index contributed by atoms with van der Waals surface area (Å²) in [7, 11) is 2.00. The van der Waals surface area contributed by atoms with Crippen LogP contribution in [-0.2, 0) is 7.05 Å². The molecule has 126 valence electrons. The molecule has 0 fully saturated rings. The van der Waals surface area contributed by atoms with Gasteiger partial charge in [0.2, 0.25) is 0 Å². The molecule has 3 heterocycles. The number of aromatic nitrogens is 6. The van der Waals surface area contributed by atoms with Crippen molar-refractivity contribution in [3.63, 3.8) is 0 Å². The van der Waals surface area contributed by atoms with Crippen LogP contribution in [0.4, 0.5) is 5.82 Å². The number of imidazole rings is 1. The summed E-state index contributed by atoms with van der Waals surface area (Å²) < 4.78 is 3.76. The number of rotatable bonds is 4. The minimum Gasteiger partial charge on any atom is -0.356 e. The van der Waals surface area contributed by atoms with Gasteiger partial charge < -0.3 is 9.88 Å². The van der Waals surface area contributed by atoms with Gasteiger partial charge in [-0.15, -0.1) is 0 Å². The first-order valence-corrected chi connectivity index (χ1v) is 8.11. The standard InChI is InChI=1S/C18H19N7/c1-12-13(2)22-18-20-11-21-25(18)16(12)23-15(14-7-5-4-6-8-14)17-19-9-10-24(17)3/h4-11,15,23H,1-3H3. The summed E-state index contributed by atoms with van der Waals surface area (Å²) in [6, 6.07) is 10.1. The number of anilines is 1. The van der Waals surface area contributed by atoms with Crippen molar-refractivity contribution in [2.45, 2.75) is 19.9 Å². The molecule has 4 rings (SSSR count). The highest BCUT2D eigenvalue weighted by molar-refractivity contribution is 5.54. The molecule has 1 aromatic carbocycles. The number of fused-ring (bicyclic) bond motifs is 1. The number of nitrogens with one attached hydrogen (secondary N) is 1. The largest absolute Gasteiger partial charge is 0.356 e. The average Bonchev–Trinajstić information content (AvgIpc) is 3.25. The van der Waals surface area contributed by atoms with Gasteiger partial charge in [0.15, 0.2) is 0 Å². The molecule has 25 heavy (non-hydrogen) atoms. The maximum Gasteiger partial charge on any atom is 0.254 e. The molecule has 0 spiro atoms. The van der Waals surface area contributed by atoms with Gasteiger partial charge in [0.1, 0.15) is 24.0 Å². The molecule has 0 aliphatic carbocycles. The lowest BCUT2D eigenvalue weighted by atomic mass is 10.1. The molecule has 0 radical (unpaired) electrons. The molecular formula is C18H19N7. The molecule has 1 atom stereocenters. The first-order valence-electron chi connectivity index (χ1n) is 8.11. The molecule has 0 saturated heterocycles. The lowest BCUT2D eigenvalue weighted by Crippen LogP contribution is -2.20. The van der Waals surface area contributed by atoms with E-state index in [4.69, 9.17) is 0 Å². The van der Waals surface area contributed by atoms with Crippen molar-refractivity contribution in [3.8, 4) is 0 Å². The van der Waals surface area contributed by atoms with Gasteiger partial charge in [-0.05, 0) is 19.4 Å². The van der Waals surface area contributed by atoms with E-state index in [2.05, 4.69) is 37.5 Å². The summed E-state index contributed by atoms with van der Waals surface area (Å²) in [5.74, 6) is 2.38. The summed E-state index contributed by atoms with van der Waals surface area (Å²) in [4.78, 5) is 13.3. The van der Waals surface area contributed by atoms with E-state index >= 15 is 0 Å². The molecule has 1 unspecified atom stereocenters. The topological polar surface area (TPSA) is 72.9 Å². The Morgan fingerprint density at radius 3 is 2.60 bits per heavy atom. The molecule has 0 saturated carbocycles. The van der Waals surface area contributed by atoms with E-state index in [-0.39, 0.29) is 6.04 Å². The summed E-state index contributed by atoms with van der Waals surface area (Å²) in [6.07, 6.45) is 5.27. The summed E-state index contributed by atoms with van der Waals surface area (Å²) in [5, 5.41) is 7.94. The van der Waals surface area contributed by atoms with Gasteiger partial charge in [-0.2, -0.15) is 14.6 Å². The van der Waals surface area contributed by atoms with Crippen molar-refractivity contribution in [2.24, 2.45) is 7.05 Å². The number of nitrogens with zero attached hydrogens (tertiary/aromatic N) is 6. The number of hydrogen-bond donors (Lipinski definition) is 1. The van der Waals surface area contributed by atoms with Crippen molar-refractivity contribution >= 4 is 11.6 Å². The van der Waals surface area contributed by atoms with Crippen molar-refractivity contribution < 1.29 is 0 Å². The zero-order valence-electron chi connectivity index (χ0n) is 14.4. The third-order valence-electron chi connectivity index (χ3n) is 4.44. The van der Waals surface area contributed by atoms with Crippen molar-refractivity contribution in [2.75, 3.05) is 5.32 Å². The van der Waals surface area contributed by atoms with Gasteiger partial charge in [0, 0.05) is 30.7 Å². The third kappa shape index (κ3) is 2.63. The van der Waals surface area contributed by atoms with Crippen LogP contribution in [0.1, 0.15) is 28.7 Å². The van der Waals surface area contributed by atoms with Crippen molar-refractivity contribution in [1.29, 1.82) is 0 Å². The Kier molecular flexibility index (Phi) is 3.68. The summed E-state index contributed by atoms with van der Waals surface area (Å²) in [6.45, 7) is 4.01. The molecule has 3 aromatic heterocycles. The molecule has 0 aliphatic rings. The maximum atomic E-state index is 4.55. The van der Waals surface area contributed by atoms with Crippen LogP contribution >= 0.6 is 0 Å². The first kappa shape index (κ1) is 15.3. The Morgan fingerprint density at radius 1 is 1.08 bits per heavy atom. The van der Waals surface area contributed by atoms with Gasteiger partial charge in [-0.1, -0.05) is 30.3 Å². The van der Waals surface area contributed by atoms with Crippen LogP contribution in [0.3, 0.4) is 0 Å². The predicted octanol–water partition coefficient (Wildman–Crippen LogP) is 2.68. The van der Waals surface area contributed by atoms with E-state index < -0.39 is 0 Å². The number of aryl methyl sites for hydroxylation is 2. The lowest BCUT2D eigenvalue weighted by molar-refractivity contribution is 0.737. The Bertz CT molecular complexity index is 1020. The average molecular weight is 333 g/mol. The second kappa shape index (κ2) is 6.01. The van der Waals surface area contributed by atoms with E-state index in [1.807, 2.05) is 56.1 Å². The van der Waals surface area contributed by atoms with Crippen molar-refractivity contribution in [1.82, 2.24) is 29.1 Å². The van der Waals surface area contributed by atoms with Crippen LogP contribution in [0.5, 0.6) is 0 Å². The van der Waals surface area contributed by atoms with Gasteiger partial charge in [-0.25, -0.2) is 9.97 Å². The second-order valence-corrected chi connectivity index (χ2v) is 6.03. The Balaban J connectivity index is 1.87. The van der Waals surface area contributed by atoms with Gasteiger partial charge >= 0.3 is 0 Å². The molecule has 0 amide bonds. The van der Waals surface area contributed by atoms with Gasteiger partial charge in [0.25, 0.3) is 5.78 Å². The van der Waals surface area contributed by atoms with E-state index in [1.165, 1.54) is 6.33 Å². The molecule has 0 bridgehead atoms. The van der Waals surface area contributed by atoms with E-state index in [1.54, 1.807) is 4.52 Å². The Labute approximate surface area is 145 Å². The SMILES string of the molecule is Cc1nc2ncnn2c(NC(c2ccccc2)c2nccn2C)c1C. The van der Waals surface area contributed by atoms with Crippen LogP contribution < -0.4 is 5.32 Å². The maximum absolute atomic E-state index is 4.55. The van der Waals surface area contributed by atoms with E-state index in [9.17, 15) is 0 Å². The highest BCUT2D eigenvalue weighted by Gasteiger charge is 2.21. The smallest absolute Gasteiger partial charge is 0.254 e.